The van der Waals surface area contributed by atoms with E-state index in [4.69, 9.17) is 9.47 Å². The van der Waals surface area contributed by atoms with Gasteiger partial charge >= 0.3 is 6.09 Å². The van der Waals surface area contributed by atoms with Crippen molar-refractivity contribution in [3.8, 4) is 11.1 Å². The first-order valence-corrected chi connectivity index (χ1v) is 11.2. The molecule has 2 N–H and O–H groups in total. The minimum absolute atomic E-state index is 0.0884. The zero-order valence-electron chi connectivity index (χ0n) is 18.9. The number of hydrogen-bond acceptors (Lipinski definition) is 5. The number of rotatable bonds is 6. The highest BCUT2D eigenvalue weighted by molar-refractivity contribution is 5.91. The number of fused-ring (bicyclic) bond motifs is 3. The Morgan fingerprint density at radius 2 is 1.73 bits per heavy atom. The van der Waals surface area contributed by atoms with E-state index in [-0.39, 0.29) is 31.1 Å². The summed E-state index contributed by atoms with van der Waals surface area (Å²) in [6.45, 7) is 3.09. The molecule has 8 heteroatoms. The summed E-state index contributed by atoms with van der Waals surface area (Å²) in [5.74, 6) is -0.799. The second kappa shape index (κ2) is 10.0. The quantitative estimate of drug-likeness (QED) is 0.704. The van der Waals surface area contributed by atoms with E-state index < -0.39 is 18.0 Å². The van der Waals surface area contributed by atoms with Gasteiger partial charge in [0.2, 0.25) is 11.8 Å². The predicted octanol–water partition coefficient (Wildman–Crippen LogP) is 2.62. The lowest BCUT2D eigenvalue weighted by molar-refractivity contribution is -0.153. The van der Waals surface area contributed by atoms with E-state index in [0.29, 0.717) is 13.2 Å². The number of amides is 3. The van der Waals surface area contributed by atoms with Gasteiger partial charge in [-0.15, -0.1) is 0 Å². The van der Waals surface area contributed by atoms with Gasteiger partial charge in [0.25, 0.3) is 0 Å². The van der Waals surface area contributed by atoms with Gasteiger partial charge in [0, 0.05) is 19.5 Å². The monoisotopic (exact) mass is 451 g/mol. The minimum atomic E-state index is -1.03. The molecule has 0 bridgehead atoms. The smallest absolute Gasteiger partial charge is 0.407 e. The fraction of sp³-hybridized carbons (Fsp3) is 0.400. The highest BCUT2D eigenvalue weighted by atomic mass is 16.5. The summed E-state index contributed by atoms with van der Waals surface area (Å²) in [7, 11) is 1.46. The Labute approximate surface area is 193 Å². The number of ether oxygens (including phenoxy) is 2. The molecular formula is C25H29N3O5. The number of nitrogens with zero attached hydrogens (tertiary/aromatic N) is 1. The standard InChI is InChI=1S/C25H29N3O5/c1-16-28(12-7-13-32-16)23(29)14-22(24(30)26-2)27-25(31)33-15-21-19-10-5-3-8-17(19)18-9-4-6-11-20(18)21/h3-6,8-11,16,21-22H,7,12-15H2,1-2H3,(H,26,30)(H,27,31). The Bertz CT molecular complexity index is 995. The normalized spacial score (nSPS) is 18.1. The minimum Gasteiger partial charge on any atom is -0.449 e. The second-order valence-electron chi connectivity index (χ2n) is 8.25. The highest BCUT2D eigenvalue weighted by Crippen LogP contribution is 2.44. The molecule has 0 radical (unpaired) electrons. The molecule has 1 heterocycles. The Hall–Kier alpha value is -3.39. The molecule has 174 valence electrons. The van der Waals surface area contributed by atoms with Crippen LogP contribution in [0.15, 0.2) is 48.5 Å². The maximum Gasteiger partial charge on any atom is 0.407 e. The van der Waals surface area contributed by atoms with Gasteiger partial charge in [0.1, 0.15) is 18.9 Å². The van der Waals surface area contributed by atoms with Crippen molar-refractivity contribution in [1.82, 2.24) is 15.5 Å². The highest BCUT2D eigenvalue weighted by Gasteiger charge is 2.32. The van der Waals surface area contributed by atoms with Crippen LogP contribution in [0.4, 0.5) is 4.79 Å². The van der Waals surface area contributed by atoms with Crippen LogP contribution in [0, 0.1) is 0 Å². The molecule has 0 aromatic heterocycles. The van der Waals surface area contributed by atoms with E-state index in [1.54, 1.807) is 11.8 Å². The molecule has 8 nitrogen and oxygen atoms in total. The molecule has 33 heavy (non-hydrogen) atoms. The Balaban J connectivity index is 1.40. The van der Waals surface area contributed by atoms with Gasteiger partial charge in [-0.25, -0.2) is 4.79 Å². The van der Waals surface area contributed by atoms with Gasteiger partial charge in [0.05, 0.1) is 13.0 Å². The summed E-state index contributed by atoms with van der Waals surface area (Å²) in [6.07, 6.45) is -0.523. The molecular weight excluding hydrogens is 422 g/mol. The third-order valence-electron chi connectivity index (χ3n) is 6.24. The first kappa shape index (κ1) is 22.8. The summed E-state index contributed by atoms with van der Waals surface area (Å²) in [5.41, 5.74) is 4.47. The molecule has 1 aliphatic heterocycles. The van der Waals surface area contributed by atoms with Crippen molar-refractivity contribution in [3.63, 3.8) is 0 Å². The van der Waals surface area contributed by atoms with Gasteiger partial charge in [-0.3, -0.25) is 9.59 Å². The molecule has 2 aromatic carbocycles. The molecule has 1 saturated heterocycles. The van der Waals surface area contributed by atoms with Crippen molar-refractivity contribution in [3.05, 3.63) is 59.7 Å². The maximum atomic E-state index is 12.7. The van der Waals surface area contributed by atoms with Gasteiger partial charge in [-0.1, -0.05) is 48.5 Å². The van der Waals surface area contributed by atoms with Crippen LogP contribution in [0.25, 0.3) is 11.1 Å². The van der Waals surface area contributed by atoms with Crippen LogP contribution in [-0.4, -0.2) is 61.9 Å². The average Bonchev–Trinajstić information content (AvgIpc) is 3.15. The van der Waals surface area contributed by atoms with Gasteiger partial charge in [-0.2, -0.15) is 0 Å². The third-order valence-corrected chi connectivity index (χ3v) is 6.24. The van der Waals surface area contributed by atoms with Crippen molar-refractivity contribution in [1.29, 1.82) is 0 Å². The van der Waals surface area contributed by atoms with Crippen molar-refractivity contribution < 1.29 is 23.9 Å². The van der Waals surface area contributed by atoms with Crippen molar-refractivity contribution in [2.24, 2.45) is 0 Å². The zero-order chi connectivity index (χ0) is 23.4. The van der Waals surface area contributed by atoms with Crippen LogP contribution in [0.2, 0.25) is 0 Å². The molecule has 2 unspecified atom stereocenters. The third kappa shape index (κ3) is 4.85. The fourth-order valence-electron chi connectivity index (χ4n) is 4.55. The van der Waals surface area contributed by atoms with Gasteiger partial charge in [-0.05, 0) is 35.6 Å². The Morgan fingerprint density at radius 3 is 2.33 bits per heavy atom. The van der Waals surface area contributed by atoms with Crippen LogP contribution in [0.5, 0.6) is 0 Å². The molecule has 4 rings (SSSR count). The van der Waals surface area contributed by atoms with E-state index >= 15 is 0 Å². The SMILES string of the molecule is CNC(=O)C(CC(=O)N1CCCOC1C)NC(=O)OCC1c2ccccc2-c2ccccc21. The number of alkyl carbamates (subject to hydrolysis) is 1. The van der Waals surface area contributed by atoms with Crippen molar-refractivity contribution >= 4 is 17.9 Å². The molecule has 2 aromatic rings. The molecule has 0 spiro atoms. The van der Waals surface area contributed by atoms with E-state index in [9.17, 15) is 14.4 Å². The van der Waals surface area contributed by atoms with E-state index in [0.717, 1.165) is 28.7 Å². The Morgan fingerprint density at radius 1 is 1.09 bits per heavy atom. The predicted molar refractivity (Wildman–Crippen MR) is 122 cm³/mol. The van der Waals surface area contributed by atoms with Crippen molar-refractivity contribution in [2.45, 2.75) is 38.0 Å². The first-order valence-electron chi connectivity index (χ1n) is 11.2. The largest absolute Gasteiger partial charge is 0.449 e. The maximum absolute atomic E-state index is 12.7. The second-order valence-corrected chi connectivity index (χ2v) is 8.25. The first-order chi connectivity index (χ1) is 16.0. The molecule has 3 amide bonds. The summed E-state index contributed by atoms with van der Waals surface area (Å²) >= 11 is 0. The molecule has 1 fully saturated rings. The molecule has 1 aliphatic carbocycles. The summed E-state index contributed by atoms with van der Waals surface area (Å²) in [4.78, 5) is 39.3. The number of carbonyl (C=O) groups is 3. The number of hydrogen-bond donors (Lipinski definition) is 2. The molecule has 0 saturated carbocycles. The number of benzene rings is 2. The molecule has 2 atom stereocenters. The van der Waals surface area contributed by atoms with Gasteiger partial charge < -0.3 is 25.0 Å². The number of likely N-dealkylation sites (N-methyl/N-ethyl adjacent to an activating group) is 1. The van der Waals surface area contributed by atoms with Crippen LogP contribution in [-0.2, 0) is 19.1 Å². The summed E-state index contributed by atoms with van der Waals surface area (Å²) in [6, 6.07) is 15.1. The fourth-order valence-corrected chi connectivity index (χ4v) is 4.55. The number of nitrogens with one attached hydrogen (secondary N) is 2. The Kier molecular flexibility index (Phi) is 6.93. The van der Waals surface area contributed by atoms with Gasteiger partial charge in [0.15, 0.2) is 0 Å². The number of carbonyl (C=O) groups excluding carboxylic acids is 3. The summed E-state index contributed by atoms with van der Waals surface area (Å²) in [5, 5.41) is 5.06. The zero-order valence-corrected chi connectivity index (χ0v) is 18.9. The van der Waals surface area contributed by atoms with E-state index in [1.165, 1.54) is 7.05 Å². The lowest BCUT2D eigenvalue weighted by Crippen LogP contribution is -2.51. The van der Waals surface area contributed by atoms with E-state index in [1.807, 2.05) is 36.4 Å². The average molecular weight is 452 g/mol. The van der Waals surface area contributed by atoms with E-state index in [2.05, 4.69) is 22.8 Å². The van der Waals surface area contributed by atoms with Crippen LogP contribution in [0.1, 0.15) is 36.8 Å². The molecule has 2 aliphatic rings. The van der Waals surface area contributed by atoms with Crippen LogP contribution >= 0.6 is 0 Å². The van der Waals surface area contributed by atoms with Crippen molar-refractivity contribution in [2.75, 3.05) is 26.8 Å². The van der Waals surface area contributed by atoms with Crippen LogP contribution < -0.4 is 10.6 Å². The lowest BCUT2D eigenvalue weighted by Gasteiger charge is -2.34. The topological polar surface area (TPSA) is 97.0 Å². The lowest BCUT2D eigenvalue weighted by atomic mass is 9.98. The summed E-state index contributed by atoms with van der Waals surface area (Å²) < 4.78 is 11.0. The van der Waals surface area contributed by atoms with Crippen LogP contribution in [0.3, 0.4) is 0 Å².